The van der Waals surface area contributed by atoms with Gasteiger partial charge in [0.05, 0.1) is 0 Å². The Kier molecular flexibility index (Phi) is 4.67. The third-order valence-corrected chi connectivity index (χ3v) is 2.24. The van der Waals surface area contributed by atoms with Crippen LogP contribution >= 0.6 is 23.2 Å². The van der Waals surface area contributed by atoms with Gasteiger partial charge in [-0.05, 0) is 12.8 Å². The maximum atomic E-state index is 11.5. The van der Waals surface area contributed by atoms with E-state index >= 15 is 0 Å². The monoisotopic (exact) mass is 224 g/mol. The van der Waals surface area contributed by atoms with Gasteiger partial charge in [0.25, 0.3) is 0 Å². The molecule has 0 spiro atoms. The first-order valence-corrected chi connectivity index (χ1v) is 5.52. The Labute approximate surface area is 88.4 Å². The van der Waals surface area contributed by atoms with Crippen molar-refractivity contribution in [1.82, 2.24) is 10.2 Å². The van der Waals surface area contributed by atoms with Crippen LogP contribution in [0.15, 0.2) is 0 Å². The normalized spacial score (nSPS) is 15.5. The van der Waals surface area contributed by atoms with Crippen molar-refractivity contribution < 1.29 is 4.79 Å². The number of hydrogen-bond acceptors (Lipinski definition) is 1. The number of nitrogens with zero attached hydrogens (tertiary/aromatic N) is 1. The molecule has 0 saturated heterocycles. The molecule has 1 N–H and O–H groups in total. The molecule has 1 fully saturated rings. The Bertz CT molecular complexity index is 168. The van der Waals surface area contributed by atoms with Crippen molar-refractivity contribution in [2.24, 2.45) is 0 Å². The molecule has 0 unspecified atom stereocenters. The Morgan fingerprint density at radius 1 is 1.31 bits per heavy atom. The summed E-state index contributed by atoms with van der Waals surface area (Å²) >= 11 is 11.1. The summed E-state index contributed by atoms with van der Waals surface area (Å²) in [6, 6.07) is 0.351. The number of nitrogens with one attached hydrogen (secondary N) is 1. The minimum atomic E-state index is -0.0381. The van der Waals surface area contributed by atoms with Gasteiger partial charge in [0, 0.05) is 30.9 Å². The minimum Gasteiger partial charge on any atom is -0.335 e. The highest BCUT2D eigenvalue weighted by Crippen LogP contribution is 2.18. The van der Waals surface area contributed by atoms with Crippen molar-refractivity contribution in [3.63, 3.8) is 0 Å². The maximum absolute atomic E-state index is 11.5. The van der Waals surface area contributed by atoms with Crippen molar-refractivity contribution >= 4 is 29.2 Å². The van der Waals surface area contributed by atoms with E-state index in [2.05, 4.69) is 5.32 Å². The molecule has 0 bridgehead atoms. The third-order valence-electron chi connectivity index (χ3n) is 1.90. The van der Waals surface area contributed by atoms with Crippen LogP contribution in [-0.2, 0) is 0 Å². The van der Waals surface area contributed by atoms with Crippen LogP contribution in [-0.4, -0.2) is 41.8 Å². The molecular weight excluding hydrogens is 211 g/mol. The molecule has 0 aromatic rings. The molecule has 13 heavy (non-hydrogen) atoms. The predicted octanol–water partition coefficient (Wildman–Crippen LogP) is 1.64. The number of urea groups is 1. The SMILES string of the molecule is O=C(NC1CC1)N(CCCl)CCCl. The van der Waals surface area contributed by atoms with E-state index in [-0.39, 0.29) is 6.03 Å². The van der Waals surface area contributed by atoms with Crippen LogP contribution in [0.25, 0.3) is 0 Å². The molecule has 1 aliphatic rings. The zero-order valence-electron chi connectivity index (χ0n) is 7.43. The number of carbonyl (C=O) groups is 1. The van der Waals surface area contributed by atoms with Gasteiger partial charge in [0.1, 0.15) is 0 Å². The summed E-state index contributed by atoms with van der Waals surface area (Å²) < 4.78 is 0. The van der Waals surface area contributed by atoms with Gasteiger partial charge in [0.2, 0.25) is 0 Å². The molecule has 1 saturated carbocycles. The minimum absolute atomic E-state index is 0.0381. The topological polar surface area (TPSA) is 32.3 Å². The molecule has 1 rings (SSSR count). The summed E-state index contributed by atoms with van der Waals surface area (Å²) in [7, 11) is 0. The van der Waals surface area contributed by atoms with E-state index in [1.165, 1.54) is 0 Å². The number of carbonyl (C=O) groups excluding carboxylic acids is 1. The van der Waals surface area contributed by atoms with Gasteiger partial charge in [0.15, 0.2) is 0 Å². The van der Waals surface area contributed by atoms with Crippen LogP contribution < -0.4 is 5.32 Å². The zero-order valence-corrected chi connectivity index (χ0v) is 8.94. The highest BCUT2D eigenvalue weighted by molar-refractivity contribution is 6.18. The van der Waals surface area contributed by atoms with Gasteiger partial charge in [-0.3, -0.25) is 0 Å². The number of alkyl halides is 2. The maximum Gasteiger partial charge on any atom is 0.317 e. The molecule has 2 amide bonds. The van der Waals surface area contributed by atoms with E-state index in [1.54, 1.807) is 4.90 Å². The van der Waals surface area contributed by atoms with E-state index < -0.39 is 0 Å². The van der Waals surface area contributed by atoms with Gasteiger partial charge in [-0.2, -0.15) is 0 Å². The second-order valence-electron chi connectivity index (χ2n) is 3.09. The van der Waals surface area contributed by atoms with Gasteiger partial charge in [-0.25, -0.2) is 4.79 Å². The second kappa shape index (κ2) is 5.55. The van der Waals surface area contributed by atoms with Crippen molar-refractivity contribution in [2.45, 2.75) is 18.9 Å². The number of hydrogen-bond donors (Lipinski definition) is 1. The van der Waals surface area contributed by atoms with Crippen LogP contribution in [0.5, 0.6) is 0 Å². The van der Waals surface area contributed by atoms with Crippen LogP contribution in [0, 0.1) is 0 Å². The third kappa shape index (κ3) is 4.05. The Morgan fingerprint density at radius 2 is 1.85 bits per heavy atom. The number of halogens is 2. The fourth-order valence-electron chi connectivity index (χ4n) is 1.01. The van der Waals surface area contributed by atoms with Crippen molar-refractivity contribution in [3.05, 3.63) is 0 Å². The molecule has 0 aliphatic heterocycles. The van der Waals surface area contributed by atoms with E-state index in [9.17, 15) is 4.79 Å². The Hall–Kier alpha value is -0.150. The summed E-state index contributed by atoms with van der Waals surface area (Å²) in [5.74, 6) is 0.907. The molecule has 1 aliphatic carbocycles. The molecule has 0 radical (unpaired) electrons. The second-order valence-corrected chi connectivity index (χ2v) is 3.84. The van der Waals surface area contributed by atoms with Crippen LogP contribution in [0.3, 0.4) is 0 Å². The lowest BCUT2D eigenvalue weighted by Gasteiger charge is -2.20. The lowest BCUT2D eigenvalue weighted by atomic mass is 10.5. The molecule has 5 heteroatoms. The average molecular weight is 225 g/mol. The Balaban J connectivity index is 2.27. The average Bonchev–Trinajstić information content (AvgIpc) is 2.88. The van der Waals surface area contributed by atoms with Gasteiger partial charge in [-0.15, -0.1) is 23.2 Å². The molecular formula is C8H14Cl2N2O. The summed E-state index contributed by atoms with van der Waals surface area (Å²) in [6.45, 7) is 1.12. The van der Waals surface area contributed by atoms with E-state index in [1.807, 2.05) is 0 Å². The zero-order chi connectivity index (χ0) is 9.68. The van der Waals surface area contributed by atoms with Crippen molar-refractivity contribution in [1.29, 1.82) is 0 Å². The summed E-state index contributed by atoms with van der Waals surface area (Å²) in [5, 5.41) is 2.89. The van der Waals surface area contributed by atoms with Gasteiger partial charge in [-0.1, -0.05) is 0 Å². The molecule has 0 aromatic carbocycles. The standard InChI is InChI=1S/C8H14Cl2N2O/c9-3-5-12(6-4-10)8(13)11-7-1-2-7/h7H,1-6H2,(H,11,13). The van der Waals surface area contributed by atoms with E-state index in [0.717, 1.165) is 12.8 Å². The van der Waals surface area contributed by atoms with Gasteiger partial charge >= 0.3 is 6.03 Å². The molecule has 0 aromatic heterocycles. The fraction of sp³-hybridized carbons (Fsp3) is 0.875. The molecule has 76 valence electrons. The smallest absolute Gasteiger partial charge is 0.317 e. The quantitative estimate of drug-likeness (QED) is 0.708. The lowest BCUT2D eigenvalue weighted by molar-refractivity contribution is 0.203. The summed E-state index contributed by atoms with van der Waals surface area (Å²) in [5.41, 5.74) is 0. The molecule has 0 atom stereocenters. The van der Waals surface area contributed by atoms with E-state index in [0.29, 0.717) is 30.9 Å². The number of rotatable bonds is 5. The first-order chi connectivity index (χ1) is 6.27. The Morgan fingerprint density at radius 3 is 2.23 bits per heavy atom. The molecule has 3 nitrogen and oxygen atoms in total. The van der Waals surface area contributed by atoms with Gasteiger partial charge < -0.3 is 10.2 Å². The number of amides is 2. The summed E-state index contributed by atoms with van der Waals surface area (Å²) in [6.07, 6.45) is 2.20. The predicted molar refractivity (Wildman–Crippen MR) is 54.6 cm³/mol. The van der Waals surface area contributed by atoms with Crippen molar-refractivity contribution in [2.75, 3.05) is 24.8 Å². The lowest BCUT2D eigenvalue weighted by Crippen LogP contribution is -2.42. The molecule has 0 heterocycles. The summed E-state index contributed by atoms with van der Waals surface area (Å²) in [4.78, 5) is 13.1. The van der Waals surface area contributed by atoms with Crippen molar-refractivity contribution in [3.8, 4) is 0 Å². The highest BCUT2D eigenvalue weighted by Gasteiger charge is 2.25. The first kappa shape index (κ1) is 10.9. The first-order valence-electron chi connectivity index (χ1n) is 4.45. The highest BCUT2D eigenvalue weighted by atomic mass is 35.5. The van der Waals surface area contributed by atoms with E-state index in [4.69, 9.17) is 23.2 Å². The largest absolute Gasteiger partial charge is 0.335 e. The fourth-order valence-corrected chi connectivity index (χ4v) is 1.42. The van der Waals surface area contributed by atoms with Crippen LogP contribution in [0.4, 0.5) is 4.79 Å². The van der Waals surface area contributed by atoms with Crippen LogP contribution in [0.2, 0.25) is 0 Å². The van der Waals surface area contributed by atoms with Crippen LogP contribution in [0.1, 0.15) is 12.8 Å².